The highest BCUT2D eigenvalue weighted by Gasteiger charge is 2.31. The molecule has 0 bridgehead atoms. The summed E-state index contributed by atoms with van der Waals surface area (Å²) in [5.74, 6) is 0.998. The van der Waals surface area contributed by atoms with Crippen molar-refractivity contribution < 1.29 is 17.9 Å². The van der Waals surface area contributed by atoms with Crippen molar-refractivity contribution in [3.63, 3.8) is 0 Å². The van der Waals surface area contributed by atoms with Crippen LogP contribution >= 0.6 is 0 Å². The van der Waals surface area contributed by atoms with Gasteiger partial charge in [0.1, 0.15) is 5.75 Å². The van der Waals surface area contributed by atoms with Crippen molar-refractivity contribution in [1.82, 2.24) is 19.5 Å². The number of H-pyrrole nitrogens is 1. The standard InChI is InChI=1S/C28H22F3N5O2/c1-17-7-5-6-10-24(17)38-27-34-21-13-14-35(16-20(21)25(37)36(27)19-8-3-2-4-9-19)26-32-22-12-11-18(28(29,30)31)15-23(22)33-26/h2-12,15H,13-14,16H2,1H3,(H,32,33). The number of fused-ring (bicyclic) bond motifs is 2. The van der Waals surface area contributed by atoms with Crippen LogP contribution in [-0.4, -0.2) is 26.1 Å². The maximum atomic E-state index is 13.9. The van der Waals surface area contributed by atoms with E-state index in [1.54, 1.807) is 12.1 Å². The Bertz CT molecular complexity index is 1710. The van der Waals surface area contributed by atoms with E-state index >= 15 is 0 Å². The van der Waals surface area contributed by atoms with Crippen molar-refractivity contribution in [3.8, 4) is 17.4 Å². The lowest BCUT2D eigenvalue weighted by atomic mass is 10.1. The van der Waals surface area contributed by atoms with E-state index in [4.69, 9.17) is 9.72 Å². The third kappa shape index (κ3) is 4.27. The van der Waals surface area contributed by atoms with E-state index in [1.807, 2.05) is 54.3 Å². The molecule has 1 aliphatic rings. The van der Waals surface area contributed by atoms with Crippen molar-refractivity contribution in [2.24, 2.45) is 0 Å². The van der Waals surface area contributed by atoms with E-state index in [9.17, 15) is 18.0 Å². The summed E-state index contributed by atoms with van der Waals surface area (Å²) in [7, 11) is 0. The molecule has 1 aliphatic heterocycles. The largest absolute Gasteiger partial charge is 0.425 e. The molecule has 0 aliphatic carbocycles. The van der Waals surface area contributed by atoms with Crippen molar-refractivity contribution in [1.29, 1.82) is 0 Å². The van der Waals surface area contributed by atoms with E-state index in [0.717, 1.165) is 17.7 Å². The Morgan fingerprint density at radius 1 is 0.974 bits per heavy atom. The Morgan fingerprint density at radius 2 is 1.74 bits per heavy atom. The van der Waals surface area contributed by atoms with Crippen molar-refractivity contribution in [2.45, 2.75) is 26.1 Å². The fourth-order valence-corrected chi connectivity index (χ4v) is 4.60. The average molecular weight is 518 g/mol. The van der Waals surface area contributed by atoms with E-state index < -0.39 is 11.7 Å². The molecule has 3 aromatic carbocycles. The number of nitrogens with zero attached hydrogens (tertiary/aromatic N) is 4. The van der Waals surface area contributed by atoms with Gasteiger partial charge in [-0.25, -0.2) is 14.5 Å². The number of alkyl halides is 3. The lowest BCUT2D eigenvalue weighted by Crippen LogP contribution is -2.38. The van der Waals surface area contributed by atoms with Crippen LogP contribution in [0.25, 0.3) is 16.7 Å². The van der Waals surface area contributed by atoms with Gasteiger partial charge in [-0.15, -0.1) is 0 Å². The van der Waals surface area contributed by atoms with Gasteiger partial charge in [-0.3, -0.25) is 4.79 Å². The molecule has 3 heterocycles. The van der Waals surface area contributed by atoms with Gasteiger partial charge in [-0.2, -0.15) is 13.2 Å². The van der Waals surface area contributed by atoms with Gasteiger partial charge in [0.2, 0.25) is 5.95 Å². The first-order valence-corrected chi connectivity index (χ1v) is 12.0. The number of benzene rings is 3. The van der Waals surface area contributed by atoms with Crippen LogP contribution in [-0.2, 0) is 19.1 Å². The number of rotatable bonds is 4. The topological polar surface area (TPSA) is 76.0 Å². The quantitative estimate of drug-likeness (QED) is 0.327. The van der Waals surface area contributed by atoms with Crippen molar-refractivity contribution in [2.75, 3.05) is 11.4 Å². The smallest absolute Gasteiger partial charge is 0.416 e. The summed E-state index contributed by atoms with van der Waals surface area (Å²) in [4.78, 5) is 27.9. The zero-order valence-corrected chi connectivity index (χ0v) is 20.3. The van der Waals surface area contributed by atoms with Crippen molar-refractivity contribution >= 4 is 17.0 Å². The highest BCUT2D eigenvalue weighted by Crippen LogP contribution is 2.32. The molecule has 0 fully saturated rings. The molecular formula is C28H22F3N5O2. The molecule has 7 nitrogen and oxygen atoms in total. The molecule has 1 N–H and O–H groups in total. The summed E-state index contributed by atoms with van der Waals surface area (Å²) in [6, 6.07) is 20.2. The van der Waals surface area contributed by atoms with Crippen LogP contribution in [0.1, 0.15) is 22.4 Å². The minimum absolute atomic E-state index is 0.172. The van der Waals surface area contributed by atoms with Gasteiger partial charge in [-0.1, -0.05) is 36.4 Å². The number of nitrogens with one attached hydrogen (secondary N) is 1. The lowest BCUT2D eigenvalue weighted by molar-refractivity contribution is -0.137. The lowest BCUT2D eigenvalue weighted by Gasteiger charge is -2.28. The van der Waals surface area contributed by atoms with Gasteiger partial charge >= 0.3 is 12.2 Å². The second-order valence-corrected chi connectivity index (χ2v) is 9.12. The molecule has 0 atom stereocenters. The predicted octanol–water partition coefficient (Wildman–Crippen LogP) is 5.79. The summed E-state index contributed by atoms with van der Waals surface area (Å²) in [5, 5.41) is 0. The number of hydrogen-bond acceptors (Lipinski definition) is 5. The minimum atomic E-state index is -4.45. The summed E-state index contributed by atoms with van der Waals surface area (Å²) in [6.45, 7) is 2.59. The number of aromatic amines is 1. The maximum Gasteiger partial charge on any atom is 0.416 e. The fourth-order valence-electron chi connectivity index (χ4n) is 4.60. The molecule has 0 amide bonds. The first-order valence-electron chi connectivity index (χ1n) is 12.0. The Labute approximate surface area is 215 Å². The molecule has 38 heavy (non-hydrogen) atoms. The van der Waals surface area contributed by atoms with Crippen LogP contribution in [0.3, 0.4) is 0 Å². The number of ether oxygens (including phenoxy) is 1. The fraction of sp³-hybridized carbons (Fsp3) is 0.179. The number of imidazole rings is 1. The first kappa shape index (κ1) is 23.8. The number of anilines is 1. The third-order valence-corrected chi connectivity index (χ3v) is 6.60. The van der Waals surface area contributed by atoms with Gasteiger partial charge in [0, 0.05) is 13.0 Å². The number of aryl methyl sites for hydroxylation is 1. The zero-order chi connectivity index (χ0) is 26.4. The van der Waals surface area contributed by atoms with Crippen LogP contribution in [0.4, 0.5) is 19.1 Å². The van der Waals surface area contributed by atoms with E-state index in [-0.39, 0.29) is 23.6 Å². The van der Waals surface area contributed by atoms with Gasteiger partial charge in [0.05, 0.1) is 40.1 Å². The Hall–Kier alpha value is -4.60. The molecule has 192 valence electrons. The van der Waals surface area contributed by atoms with Crippen LogP contribution in [0.5, 0.6) is 11.8 Å². The first-order chi connectivity index (χ1) is 18.3. The second-order valence-electron chi connectivity index (χ2n) is 9.12. The van der Waals surface area contributed by atoms with Gasteiger partial charge < -0.3 is 14.6 Å². The van der Waals surface area contributed by atoms with Gasteiger partial charge in [-0.05, 0) is 48.9 Å². The van der Waals surface area contributed by atoms with Gasteiger partial charge in [0.25, 0.3) is 5.56 Å². The predicted molar refractivity (Wildman–Crippen MR) is 137 cm³/mol. The molecule has 6 rings (SSSR count). The highest BCUT2D eigenvalue weighted by molar-refractivity contribution is 5.78. The van der Waals surface area contributed by atoms with E-state index in [0.29, 0.717) is 47.1 Å². The number of aromatic nitrogens is 4. The van der Waals surface area contributed by atoms with Crippen LogP contribution in [0, 0.1) is 6.92 Å². The van der Waals surface area contributed by atoms with Crippen LogP contribution in [0.2, 0.25) is 0 Å². The number of hydrogen-bond donors (Lipinski definition) is 1. The van der Waals surface area contributed by atoms with Crippen LogP contribution in [0.15, 0.2) is 77.6 Å². The summed E-state index contributed by atoms with van der Waals surface area (Å²) < 4.78 is 47.1. The number of para-hydroxylation sites is 2. The molecule has 0 radical (unpaired) electrons. The molecule has 10 heteroatoms. The Kier molecular flexibility index (Phi) is 5.67. The summed E-state index contributed by atoms with van der Waals surface area (Å²) >= 11 is 0. The number of halogens is 3. The zero-order valence-electron chi connectivity index (χ0n) is 20.3. The van der Waals surface area contributed by atoms with E-state index in [2.05, 4.69) is 9.97 Å². The molecule has 0 saturated heterocycles. The maximum absolute atomic E-state index is 13.9. The summed E-state index contributed by atoms with van der Waals surface area (Å²) in [6.07, 6.45) is -4.01. The Balaban J connectivity index is 1.40. The van der Waals surface area contributed by atoms with Crippen LogP contribution < -0.4 is 15.2 Å². The molecular weight excluding hydrogens is 495 g/mol. The minimum Gasteiger partial charge on any atom is -0.425 e. The molecule has 0 saturated carbocycles. The monoisotopic (exact) mass is 517 g/mol. The molecule has 0 unspecified atom stereocenters. The van der Waals surface area contributed by atoms with E-state index in [1.165, 1.54) is 10.6 Å². The molecule has 0 spiro atoms. The molecule has 2 aromatic heterocycles. The second kappa shape index (κ2) is 9.05. The molecule has 5 aromatic rings. The SMILES string of the molecule is Cc1ccccc1Oc1nc2c(c(=O)n1-c1ccccc1)CN(c1nc3ccc(C(F)(F)F)cc3[nH]1)CC2. The van der Waals surface area contributed by atoms with Crippen molar-refractivity contribution in [3.05, 3.63) is 106 Å². The third-order valence-electron chi connectivity index (χ3n) is 6.60. The highest BCUT2D eigenvalue weighted by atomic mass is 19.4. The Morgan fingerprint density at radius 3 is 2.50 bits per heavy atom. The average Bonchev–Trinajstić information content (AvgIpc) is 3.34. The normalized spacial score (nSPS) is 13.5. The van der Waals surface area contributed by atoms with Gasteiger partial charge in [0.15, 0.2) is 0 Å². The summed E-state index contributed by atoms with van der Waals surface area (Å²) in [5.41, 5.74) is 2.29.